The topological polar surface area (TPSA) is 178 Å². The molecule has 13 nitrogen and oxygen atoms in total. The summed E-state index contributed by atoms with van der Waals surface area (Å²) in [4.78, 5) is 34.2. The molecule has 13 heteroatoms. The van der Waals surface area contributed by atoms with Crippen LogP contribution in [0.15, 0.2) is 92.5 Å². The van der Waals surface area contributed by atoms with Gasteiger partial charge in [-0.25, -0.2) is 0 Å². The number of fused-ring (bicyclic) bond motifs is 1. The number of azo groups is 1. The Hall–Kier alpha value is -5.72. The molecule has 1 aliphatic carbocycles. The molecule has 0 aliphatic heterocycles. The lowest BCUT2D eigenvalue weighted by Crippen LogP contribution is -2.14. The molecule has 1 aliphatic rings. The Labute approximate surface area is 232 Å². The monoisotopic (exact) mass is 553 g/mol. The average Bonchev–Trinajstić information content (AvgIpc) is 3.33. The van der Waals surface area contributed by atoms with Gasteiger partial charge in [-0.1, -0.05) is 18.2 Å². The minimum atomic E-state index is -0.716. The molecule has 1 heterocycles. The largest absolute Gasteiger partial charge is 0.455 e. The molecule has 0 bridgehead atoms. The normalized spacial score (nSPS) is 13.6. The molecule has 4 aromatic rings. The van der Waals surface area contributed by atoms with Crippen LogP contribution in [0.1, 0.15) is 40.3 Å². The maximum absolute atomic E-state index is 13.1. The SMILES string of the molecule is Cc1c(C(=O)Nc2ccc(N=Nc3ccccc3)cc2)oc2c1/C(=N/Nc1ccc([N+](=O)[O-])cc1[N+](=O)[O-])CCC2. The Morgan fingerprint density at radius 3 is 2.29 bits per heavy atom. The highest BCUT2D eigenvalue weighted by molar-refractivity contribution is 6.09. The van der Waals surface area contributed by atoms with Gasteiger partial charge in [0.25, 0.3) is 11.6 Å². The summed E-state index contributed by atoms with van der Waals surface area (Å²) in [6.45, 7) is 1.75. The Bertz CT molecular complexity index is 1700. The number of furan rings is 1. The lowest BCUT2D eigenvalue weighted by atomic mass is 9.93. The zero-order chi connectivity index (χ0) is 28.9. The number of benzene rings is 3. The van der Waals surface area contributed by atoms with E-state index >= 15 is 0 Å². The number of nitrogens with one attached hydrogen (secondary N) is 2. The number of nitro benzene ring substituents is 2. The predicted octanol–water partition coefficient (Wildman–Crippen LogP) is 7.22. The average molecular weight is 554 g/mol. The molecule has 2 N–H and O–H groups in total. The van der Waals surface area contributed by atoms with Crippen LogP contribution in [0.4, 0.5) is 34.1 Å². The van der Waals surface area contributed by atoms with Gasteiger partial charge in [-0.2, -0.15) is 15.3 Å². The highest BCUT2D eigenvalue weighted by atomic mass is 16.6. The summed E-state index contributed by atoms with van der Waals surface area (Å²) >= 11 is 0. The van der Waals surface area contributed by atoms with E-state index in [0.717, 1.165) is 17.8 Å². The van der Waals surface area contributed by atoms with E-state index in [0.29, 0.717) is 53.2 Å². The van der Waals surface area contributed by atoms with Crippen molar-refractivity contribution >= 4 is 45.7 Å². The van der Waals surface area contributed by atoms with Crippen molar-refractivity contribution in [3.63, 3.8) is 0 Å². The van der Waals surface area contributed by atoms with Crippen LogP contribution in [0, 0.1) is 27.2 Å². The van der Waals surface area contributed by atoms with E-state index in [1.807, 2.05) is 30.3 Å². The van der Waals surface area contributed by atoms with Gasteiger partial charge in [-0.3, -0.25) is 30.4 Å². The standard InChI is InChI=1S/C28H23N7O6/c1-17-26-23(33-32-22-15-14-21(34(37)38)16-24(22)35(39)40)8-5-9-25(26)41-27(17)28(36)29-18-10-12-20(13-11-18)31-30-19-6-3-2-4-7-19/h2-4,6-7,10-16,32H,5,8-9H2,1H3,(H,29,36)/b31-30?,33-23+. The van der Waals surface area contributed by atoms with Gasteiger partial charge < -0.3 is 9.73 Å². The second-order valence-electron chi connectivity index (χ2n) is 9.13. The lowest BCUT2D eigenvalue weighted by Gasteiger charge is -2.13. The van der Waals surface area contributed by atoms with Crippen LogP contribution < -0.4 is 10.7 Å². The fraction of sp³-hybridized carbons (Fsp3) is 0.143. The first-order valence-corrected chi connectivity index (χ1v) is 12.6. The van der Waals surface area contributed by atoms with E-state index in [4.69, 9.17) is 4.42 Å². The second kappa shape index (κ2) is 11.6. The Balaban J connectivity index is 1.32. The van der Waals surface area contributed by atoms with Crippen molar-refractivity contribution in [1.29, 1.82) is 0 Å². The number of hydrogen-bond donors (Lipinski definition) is 2. The molecule has 0 saturated carbocycles. The van der Waals surface area contributed by atoms with E-state index in [1.165, 1.54) is 6.07 Å². The van der Waals surface area contributed by atoms with E-state index in [2.05, 4.69) is 26.1 Å². The third kappa shape index (κ3) is 5.98. The highest BCUT2D eigenvalue weighted by Crippen LogP contribution is 2.32. The number of aryl methyl sites for hydroxylation is 1. The van der Waals surface area contributed by atoms with E-state index < -0.39 is 27.1 Å². The fourth-order valence-corrected chi connectivity index (χ4v) is 4.41. The van der Waals surface area contributed by atoms with Gasteiger partial charge >= 0.3 is 5.69 Å². The van der Waals surface area contributed by atoms with Gasteiger partial charge in [-0.15, -0.1) is 0 Å². The summed E-state index contributed by atoms with van der Waals surface area (Å²) in [7, 11) is 0. The van der Waals surface area contributed by atoms with Crippen LogP contribution in [0.5, 0.6) is 0 Å². The van der Waals surface area contributed by atoms with Crippen LogP contribution in [0.25, 0.3) is 0 Å². The fourth-order valence-electron chi connectivity index (χ4n) is 4.41. The number of carbonyl (C=O) groups excluding carboxylic acids is 1. The van der Waals surface area contributed by atoms with Gasteiger partial charge in [0.2, 0.25) is 0 Å². The van der Waals surface area contributed by atoms with Gasteiger partial charge in [0.1, 0.15) is 11.4 Å². The molecular formula is C28H23N7O6. The van der Waals surface area contributed by atoms with E-state index in [-0.39, 0.29) is 11.4 Å². The number of non-ortho nitro benzene ring substituents is 1. The van der Waals surface area contributed by atoms with Crippen molar-refractivity contribution in [1.82, 2.24) is 0 Å². The number of nitrogens with zero attached hydrogens (tertiary/aromatic N) is 5. The van der Waals surface area contributed by atoms with Crippen molar-refractivity contribution in [3.05, 3.63) is 116 Å². The summed E-state index contributed by atoms with van der Waals surface area (Å²) in [5, 5.41) is 38.0. The molecule has 5 rings (SSSR count). The summed E-state index contributed by atoms with van der Waals surface area (Å²) in [6.07, 6.45) is 1.84. The molecule has 0 unspecified atom stereocenters. The van der Waals surface area contributed by atoms with Crippen molar-refractivity contribution in [2.24, 2.45) is 15.3 Å². The molecule has 1 amide bonds. The van der Waals surface area contributed by atoms with Gasteiger partial charge in [-0.05, 0) is 62.2 Å². The predicted molar refractivity (Wildman–Crippen MR) is 151 cm³/mol. The number of amides is 1. The van der Waals surface area contributed by atoms with Crippen LogP contribution in [0.3, 0.4) is 0 Å². The summed E-state index contributed by atoms with van der Waals surface area (Å²) in [6, 6.07) is 19.5. The minimum Gasteiger partial charge on any atom is -0.455 e. The van der Waals surface area contributed by atoms with Gasteiger partial charge in [0.15, 0.2) is 5.76 Å². The molecule has 3 aromatic carbocycles. The molecule has 0 spiro atoms. The van der Waals surface area contributed by atoms with Crippen molar-refractivity contribution in [2.45, 2.75) is 26.2 Å². The number of anilines is 2. The maximum atomic E-state index is 13.1. The number of rotatable bonds is 8. The molecule has 206 valence electrons. The van der Waals surface area contributed by atoms with Crippen molar-refractivity contribution < 1.29 is 19.1 Å². The number of hydrogen-bond acceptors (Lipinski definition) is 10. The van der Waals surface area contributed by atoms with Crippen LogP contribution >= 0.6 is 0 Å². The first-order valence-electron chi connectivity index (χ1n) is 12.6. The maximum Gasteiger partial charge on any atom is 0.301 e. The third-order valence-electron chi connectivity index (χ3n) is 6.39. The van der Waals surface area contributed by atoms with Crippen molar-refractivity contribution in [3.8, 4) is 0 Å². The Kier molecular flexibility index (Phi) is 7.58. The van der Waals surface area contributed by atoms with Gasteiger partial charge in [0, 0.05) is 29.3 Å². The van der Waals surface area contributed by atoms with Crippen LogP contribution in [0.2, 0.25) is 0 Å². The van der Waals surface area contributed by atoms with E-state index in [9.17, 15) is 25.0 Å². The zero-order valence-electron chi connectivity index (χ0n) is 21.7. The molecule has 0 atom stereocenters. The van der Waals surface area contributed by atoms with Crippen LogP contribution in [-0.2, 0) is 6.42 Å². The van der Waals surface area contributed by atoms with Gasteiger partial charge in [0.05, 0.1) is 33.0 Å². The Morgan fingerprint density at radius 2 is 1.61 bits per heavy atom. The van der Waals surface area contributed by atoms with E-state index in [1.54, 1.807) is 31.2 Å². The molecule has 41 heavy (non-hydrogen) atoms. The second-order valence-corrected chi connectivity index (χ2v) is 9.13. The summed E-state index contributed by atoms with van der Waals surface area (Å²) in [5.74, 6) is 0.293. The Morgan fingerprint density at radius 1 is 0.902 bits per heavy atom. The summed E-state index contributed by atoms with van der Waals surface area (Å²) < 4.78 is 5.93. The quantitative estimate of drug-likeness (QED) is 0.131. The number of carbonyl (C=O) groups is 1. The van der Waals surface area contributed by atoms with Crippen LogP contribution in [-0.4, -0.2) is 21.5 Å². The highest BCUT2D eigenvalue weighted by Gasteiger charge is 2.28. The number of nitro groups is 2. The molecule has 0 fully saturated rings. The molecular weight excluding hydrogens is 530 g/mol. The first kappa shape index (κ1) is 26.9. The lowest BCUT2D eigenvalue weighted by molar-refractivity contribution is -0.393. The van der Waals surface area contributed by atoms with Crippen molar-refractivity contribution in [2.75, 3.05) is 10.7 Å². The minimum absolute atomic E-state index is 0.00564. The molecule has 1 aromatic heterocycles. The molecule has 0 radical (unpaired) electrons. The smallest absolute Gasteiger partial charge is 0.301 e. The molecule has 0 saturated heterocycles. The number of hydrazone groups is 1. The zero-order valence-corrected chi connectivity index (χ0v) is 21.7. The third-order valence-corrected chi connectivity index (χ3v) is 6.39. The summed E-state index contributed by atoms with van der Waals surface area (Å²) in [5.41, 5.74) is 5.50. The first-order chi connectivity index (χ1) is 19.8.